The van der Waals surface area contributed by atoms with E-state index in [1.807, 2.05) is 39.0 Å². The average molecular weight is 450 g/mol. The van der Waals surface area contributed by atoms with Gasteiger partial charge in [0, 0.05) is 5.56 Å². The van der Waals surface area contributed by atoms with Gasteiger partial charge in [-0.3, -0.25) is 9.59 Å². The lowest BCUT2D eigenvalue weighted by Gasteiger charge is -2.19. The van der Waals surface area contributed by atoms with Gasteiger partial charge in [0.1, 0.15) is 11.8 Å². The van der Waals surface area contributed by atoms with E-state index >= 15 is 0 Å². The van der Waals surface area contributed by atoms with Gasteiger partial charge in [-0.25, -0.2) is 5.43 Å². The van der Waals surface area contributed by atoms with E-state index in [2.05, 4.69) is 15.8 Å². The summed E-state index contributed by atoms with van der Waals surface area (Å²) in [5, 5.41) is 7.38. The average Bonchev–Trinajstić information content (AvgIpc) is 2.69. The Morgan fingerprint density at radius 1 is 1.13 bits per heavy atom. The Morgan fingerprint density at radius 2 is 1.87 bits per heavy atom. The van der Waals surface area contributed by atoms with Crippen LogP contribution in [0.2, 0.25) is 10.0 Å². The van der Waals surface area contributed by atoms with Gasteiger partial charge in [0.2, 0.25) is 0 Å². The standard InChI is InChI=1S/C22H25Cl2N3O3/c1-14(2)11-18(26-20(28)13-30-19-10-5-4-7-15(19)3)22(29)27-25-12-16-8-6-9-17(23)21(16)24/h4-10,12,14,18H,11,13H2,1-3H3,(H,26,28)(H,27,29)/b25-12-/t18-/m1/s1. The Hall–Kier alpha value is -2.57. The summed E-state index contributed by atoms with van der Waals surface area (Å²) < 4.78 is 5.55. The minimum atomic E-state index is -0.745. The first-order chi connectivity index (χ1) is 14.3. The van der Waals surface area contributed by atoms with E-state index in [-0.39, 0.29) is 18.4 Å². The van der Waals surface area contributed by atoms with Crippen LogP contribution in [0.15, 0.2) is 47.6 Å². The molecule has 0 aromatic heterocycles. The molecule has 0 aliphatic carbocycles. The molecule has 0 aliphatic rings. The smallest absolute Gasteiger partial charge is 0.262 e. The fourth-order valence-corrected chi connectivity index (χ4v) is 3.02. The predicted octanol–water partition coefficient (Wildman–Crippen LogP) is 4.36. The maximum Gasteiger partial charge on any atom is 0.262 e. The lowest BCUT2D eigenvalue weighted by atomic mass is 10.0. The Morgan fingerprint density at radius 3 is 2.57 bits per heavy atom. The Labute approximate surface area is 186 Å². The summed E-state index contributed by atoms with van der Waals surface area (Å²) in [4.78, 5) is 24.9. The third-order valence-corrected chi connectivity index (χ3v) is 5.00. The minimum absolute atomic E-state index is 0.185. The maximum absolute atomic E-state index is 12.5. The van der Waals surface area contributed by atoms with Crippen molar-refractivity contribution in [2.75, 3.05) is 6.61 Å². The molecule has 2 aromatic carbocycles. The normalized spacial score (nSPS) is 12.1. The van der Waals surface area contributed by atoms with E-state index in [1.165, 1.54) is 6.21 Å². The van der Waals surface area contributed by atoms with Crippen LogP contribution in [-0.4, -0.2) is 30.7 Å². The Balaban J connectivity index is 1.95. The number of aryl methyl sites for hydroxylation is 1. The maximum atomic E-state index is 12.5. The zero-order chi connectivity index (χ0) is 22.1. The number of carbonyl (C=O) groups is 2. The summed E-state index contributed by atoms with van der Waals surface area (Å²) in [6.45, 7) is 5.64. The van der Waals surface area contributed by atoms with Crippen molar-refractivity contribution in [3.05, 3.63) is 63.6 Å². The first-order valence-corrected chi connectivity index (χ1v) is 10.3. The zero-order valence-corrected chi connectivity index (χ0v) is 18.6. The van der Waals surface area contributed by atoms with Crippen molar-refractivity contribution in [3.8, 4) is 5.75 Å². The van der Waals surface area contributed by atoms with Gasteiger partial charge in [-0.15, -0.1) is 0 Å². The van der Waals surface area contributed by atoms with Crippen molar-refractivity contribution >= 4 is 41.2 Å². The first-order valence-electron chi connectivity index (χ1n) is 9.52. The van der Waals surface area contributed by atoms with Crippen LogP contribution in [0.3, 0.4) is 0 Å². The van der Waals surface area contributed by atoms with Crippen LogP contribution in [0.1, 0.15) is 31.4 Å². The van der Waals surface area contributed by atoms with Crippen LogP contribution in [0.5, 0.6) is 5.75 Å². The number of nitrogens with zero attached hydrogens (tertiary/aromatic N) is 1. The van der Waals surface area contributed by atoms with Crippen LogP contribution in [-0.2, 0) is 9.59 Å². The molecule has 1 atom stereocenters. The van der Waals surface area contributed by atoms with E-state index in [0.29, 0.717) is 27.8 Å². The van der Waals surface area contributed by atoms with Crippen molar-refractivity contribution in [1.29, 1.82) is 0 Å². The molecule has 0 fully saturated rings. The highest BCUT2D eigenvalue weighted by molar-refractivity contribution is 6.43. The highest BCUT2D eigenvalue weighted by Gasteiger charge is 2.22. The third-order valence-electron chi connectivity index (χ3n) is 4.17. The summed E-state index contributed by atoms with van der Waals surface area (Å²) in [6, 6.07) is 11.8. The van der Waals surface area contributed by atoms with Crippen LogP contribution in [0.25, 0.3) is 0 Å². The molecular formula is C22H25Cl2N3O3. The molecule has 0 spiro atoms. The Kier molecular flexibility index (Phi) is 9.15. The second kappa shape index (κ2) is 11.6. The molecule has 0 unspecified atom stereocenters. The lowest BCUT2D eigenvalue weighted by molar-refractivity contribution is -0.130. The van der Waals surface area contributed by atoms with Gasteiger partial charge < -0.3 is 10.1 Å². The van der Waals surface area contributed by atoms with Gasteiger partial charge in [0.15, 0.2) is 6.61 Å². The predicted molar refractivity (Wildman–Crippen MR) is 120 cm³/mol. The number of nitrogens with one attached hydrogen (secondary N) is 2. The van der Waals surface area contributed by atoms with Crippen LogP contribution < -0.4 is 15.5 Å². The summed E-state index contributed by atoms with van der Waals surface area (Å²) in [5.41, 5.74) is 3.94. The van der Waals surface area contributed by atoms with Crippen LogP contribution in [0.4, 0.5) is 0 Å². The molecule has 2 amide bonds. The quantitative estimate of drug-likeness (QED) is 0.440. The molecular weight excluding hydrogens is 425 g/mol. The van der Waals surface area contributed by atoms with E-state index in [4.69, 9.17) is 27.9 Å². The fraction of sp³-hybridized carbons (Fsp3) is 0.318. The largest absolute Gasteiger partial charge is 0.484 e. The molecule has 2 rings (SSSR count). The molecule has 0 bridgehead atoms. The summed E-state index contributed by atoms with van der Waals surface area (Å²) in [5.74, 6) is -0.00605. The molecule has 6 nitrogen and oxygen atoms in total. The number of hydrogen-bond acceptors (Lipinski definition) is 4. The van der Waals surface area contributed by atoms with E-state index in [9.17, 15) is 9.59 Å². The van der Waals surface area contributed by atoms with Crippen LogP contribution in [0, 0.1) is 12.8 Å². The zero-order valence-electron chi connectivity index (χ0n) is 17.1. The molecule has 0 saturated carbocycles. The number of carbonyl (C=O) groups excluding carboxylic acids is 2. The highest BCUT2D eigenvalue weighted by atomic mass is 35.5. The van der Waals surface area contributed by atoms with Crippen molar-refractivity contribution in [1.82, 2.24) is 10.7 Å². The highest BCUT2D eigenvalue weighted by Crippen LogP contribution is 2.24. The summed E-state index contributed by atoms with van der Waals surface area (Å²) in [6.07, 6.45) is 1.86. The number of para-hydroxylation sites is 1. The number of hydrazone groups is 1. The molecule has 30 heavy (non-hydrogen) atoms. The second-order valence-electron chi connectivity index (χ2n) is 7.18. The summed E-state index contributed by atoms with van der Waals surface area (Å²) in [7, 11) is 0. The minimum Gasteiger partial charge on any atom is -0.484 e. The number of hydrogen-bond donors (Lipinski definition) is 2. The summed E-state index contributed by atoms with van der Waals surface area (Å²) >= 11 is 12.1. The third kappa shape index (κ3) is 7.35. The number of benzene rings is 2. The van der Waals surface area contributed by atoms with E-state index < -0.39 is 11.9 Å². The van der Waals surface area contributed by atoms with Crippen molar-refractivity contribution in [2.45, 2.75) is 33.2 Å². The molecule has 0 saturated heterocycles. The van der Waals surface area contributed by atoms with Gasteiger partial charge in [0.05, 0.1) is 16.3 Å². The molecule has 0 radical (unpaired) electrons. The number of amides is 2. The molecule has 2 aromatic rings. The number of ether oxygens (including phenoxy) is 1. The number of rotatable bonds is 9. The SMILES string of the molecule is Cc1ccccc1OCC(=O)N[C@H](CC(C)C)C(=O)N/N=C\c1cccc(Cl)c1Cl. The molecule has 0 aliphatic heterocycles. The Bertz CT molecular complexity index is 916. The van der Waals surface area contributed by atoms with Gasteiger partial charge in [-0.1, -0.05) is 67.4 Å². The van der Waals surface area contributed by atoms with Gasteiger partial charge in [-0.2, -0.15) is 5.10 Å². The van der Waals surface area contributed by atoms with Gasteiger partial charge >= 0.3 is 0 Å². The van der Waals surface area contributed by atoms with Gasteiger partial charge in [0.25, 0.3) is 11.8 Å². The van der Waals surface area contributed by atoms with E-state index in [0.717, 1.165) is 5.56 Å². The topological polar surface area (TPSA) is 79.8 Å². The molecule has 160 valence electrons. The molecule has 2 N–H and O–H groups in total. The van der Waals surface area contributed by atoms with Crippen molar-refractivity contribution in [3.63, 3.8) is 0 Å². The lowest BCUT2D eigenvalue weighted by Crippen LogP contribution is -2.47. The van der Waals surface area contributed by atoms with Gasteiger partial charge in [-0.05, 0) is 37.0 Å². The van der Waals surface area contributed by atoms with Crippen LogP contribution >= 0.6 is 23.2 Å². The molecule has 0 heterocycles. The van der Waals surface area contributed by atoms with Crippen molar-refractivity contribution < 1.29 is 14.3 Å². The van der Waals surface area contributed by atoms with Crippen molar-refractivity contribution in [2.24, 2.45) is 11.0 Å². The molecule has 8 heteroatoms. The monoisotopic (exact) mass is 449 g/mol. The fourth-order valence-electron chi connectivity index (χ4n) is 2.66. The number of halogens is 2. The second-order valence-corrected chi connectivity index (χ2v) is 7.97. The van der Waals surface area contributed by atoms with E-state index in [1.54, 1.807) is 24.3 Å². The first kappa shape index (κ1) is 23.7.